The van der Waals surface area contributed by atoms with Crippen LogP contribution in [-0.2, 0) is 6.42 Å². The van der Waals surface area contributed by atoms with Crippen LogP contribution in [0.25, 0.3) is 11.1 Å². The van der Waals surface area contributed by atoms with Crippen molar-refractivity contribution in [2.45, 2.75) is 13.3 Å². The van der Waals surface area contributed by atoms with Crippen LogP contribution in [0.1, 0.15) is 29.2 Å². The maximum Gasteiger partial charge on any atom is 0.200 e. The van der Waals surface area contributed by atoms with Gasteiger partial charge in [-0.1, -0.05) is 19.1 Å². The number of phenolic OH excluding ortho intramolecular Hbond substituents is 3. The number of ether oxygens (including phenoxy) is 3. The Hall–Kier alpha value is -3.80. The molecule has 4 rings (SSSR count). The van der Waals surface area contributed by atoms with Gasteiger partial charge in [-0.15, -0.1) is 0 Å². The van der Waals surface area contributed by atoms with Gasteiger partial charge in [0.1, 0.15) is 23.9 Å². The lowest BCUT2D eigenvalue weighted by Gasteiger charge is -2.27. The van der Waals surface area contributed by atoms with E-state index in [4.69, 9.17) is 14.2 Å². The van der Waals surface area contributed by atoms with Crippen LogP contribution in [-0.4, -0.2) is 36.1 Å². The Labute approximate surface area is 180 Å². The van der Waals surface area contributed by atoms with Crippen LogP contribution in [0.2, 0.25) is 0 Å². The van der Waals surface area contributed by atoms with Crippen molar-refractivity contribution >= 4 is 11.1 Å². The first kappa shape index (κ1) is 20.5. The van der Waals surface area contributed by atoms with Crippen molar-refractivity contribution in [1.82, 2.24) is 0 Å². The number of methoxy groups -OCH3 is 2. The minimum absolute atomic E-state index is 0.0733. The Morgan fingerprint density at radius 3 is 2.10 bits per heavy atom. The highest BCUT2D eigenvalue weighted by Crippen LogP contribution is 2.47. The average molecular weight is 420 g/mol. The normalized spacial score (nSPS) is 12.9. The van der Waals surface area contributed by atoms with Gasteiger partial charge in [-0.05, 0) is 59.5 Å². The minimum atomic E-state index is -0.0733. The predicted octanol–water partition coefficient (Wildman–Crippen LogP) is 4.73. The van der Waals surface area contributed by atoms with Crippen LogP contribution >= 0.6 is 0 Å². The lowest BCUT2D eigenvalue weighted by Crippen LogP contribution is -2.13. The highest BCUT2D eigenvalue weighted by Gasteiger charge is 2.27. The zero-order valence-corrected chi connectivity index (χ0v) is 17.6. The zero-order valence-electron chi connectivity index (χ0n) is 17.6. The smallest absolute Gasteiger partial charge is 0.200 e. The third kappa shape index (κ3) is 3.50. The molecule has 0 unspecified atom stereocenters. The summed E-state index contributed by atoms with van der Waals surface area (Å²) in [5.74, 6) is 1.52. The molecule has 3 aromatic rings. The van der Waals surface area contributed by atoms with Crippen molar-refractivity contribution in [2.75, 3.05) is 20.8 Å². The summed E-state index contributed by atoms with van der Waals surface area (Å²) in [4.78, 5) is 0. The van der Waals surface area contributed by atoms with Crippen LogP contribution in [0.5, 0.6) is 34.5 Å². The first-order chi connectivity index (χ1) is 15.0. The molecule has 1 heterocycles. The van der Waals surface area contributed by atoms with Crippen LogP contribution in [0.3, 0.4) is 0 Å². The highest BCUT2D eigenvalue weighted by atomic mass is 16.5. The number of rotatable bonds is 5. The van der Waals surface area contributed by atoms with Gasteiger partial charge in [0.05, 0.1) is 14.2 Å². The summed E-state index contributed by atoms with van der Waals surface area (Å²) in [7, 11) is 2.97. The lowest BCUT2D eigenvalue weighted by molar-refractivity contribution is 0.339. The SMILES string of the molecule is CCc1c(O)ccc2c1OCC(c1cc(OC)c(O)c(OC)c1)=C2c1ccc(O)cc1. The third-order valence-corrected chi connectivity index (χ3v) is 5.51. The van der Waals surface area contributed by atoms with E-state index in [-0.39, 0.29) is 35.4 Å². The molecule has 3 N–H and O–H groups in total. The van der Waals surface area contributed by atoms with E-state index in [1.165, 1.54) is 14.2 Å². The van der Waals surface area contributed by atoms with E-state index in [9.17, 15) is 15.3 Å². The monoisotopic (exact) mass is 420 g/mol. The molecule has 0 amide bonds. The summed E-state index contributed by atoms with van der Waals surface area (Å²) in [6, 6.07) is 13.9. The van der Waals surface area contributed by atoms with E-state index in [2.05, 4.69) is 0 Å². The standard InChI is InChI=1S/C25H24O6/c1-4-17-20(27)10-9-18-23(14-5-7-16(26)8-6-14)19(13-31-25(17)18)15-11-21(29-2)24(28)22(12-15)30-3/h5-12,26-28H,4,13H2,1-3H3. The summed E-state index contributed by atoms with van der Waals surface area (Å²) < 4.78 is 16.8. The van der Waals surface area contributed by atoms with Gasteiger partial charge in [0.25, 0.3) is 0 Å². The van der Waals surface area contributed by atoms with Gasteiger partial charge in [-0.3, -0.25) is 0 Å². The van der Waals surface area contributed by atoms with Gasteiger partial charge in [-0.25, -0.2) is 0 Å². The number of aromatic hydroxyl groups is 3. The van der Waals surface area contributed by atoms with Crippen molar-refractivity contribution in [2.24, 2.45) is 0 Å². The molecule has 0 radical (unpaired) electrons. The Balaban J connectivity index is 2.04. The molecule has 3 aromatic carbocycles. The van der Waals surface area contributed by atoms with E-state index >= 15 is 0 Å². The van der Waals surface area contributed by atoms with Crippen molar-refractivity contribution in [3.63, 3.8) is 0 Å². The van der Waals surface area contributed by atoms with Gasteiger partial charge in [0.2, 0.25) is 5.75 Å². The summed E-state index contributed by atoms with van der Waals surface area (Å²) in [6.45, 7) is 2.21. The molecule has 6 heteroatoms. The molecule has 31 heavy (non-hydrogen) atoms. The molecule has 0 saturated carbocycles. The molecular formula is C25H24O6. The fourth-order valence-electron chi connectivity index (χ4n) is 3.95. The lowest BCUT2D eigenvalue weighted by atomic mass is 9.86. The number of phenols is 3. The Kier molecular flexibility index (Phi) is 5.38. The third-order valence-electron chi connectivity index (χ3n) is 5.51. The van der Waals surface area contributed by atoms with Gasteiger partial charge < -0.3 is 29.5 Å². The molecule has 1 aliphatic rings. The number of benzene rings is 3. The maximum atomic E-state index is 10.3. The molecule has 1 aliphatic heterocycles. The van der Waals surface area contributed by atoms with Crippen molar-refractivity contribution < 1.29 is 29.5 Å². The first-order valence-corrected chi connectivity index (χ1v) is 9.94. The summed E-state index contributed by atoms with van der Waals surface area (Å²) in [6.07, 6.45) is 0.619. The zero-order chi connectivity index (χ0) is 22.1. The molecule has 0 fully saturated rings. The Bertz CT molecular complexity index is 1140. The molecule has 0 spiro atoms. The van der Waals surface area contributed by atoms with Crippen molar-refractivity contribution in [3.8, 4) is 34.5 Å². The summed E-state index contributed by atoms with van der Waals surface area (Å²) >= 11 is 0. The van der Waals surface area contributed by atoms with Crippen LogP contribution in [0.4, 0.5) is 0 Å². The predicted molar refractivity (Wildman–Crippen MR) is 118 cm³/mol. The van der Waals surface area contributed by atoms with Gasteiger partial charge >= 0.3 is 0 Å². The minimum Gasteiger partial charge on any atom is -0.508 e. The van der Waals surface area contributed by atoms with E-state index in [0.29, 0.717) is 12.2 Å². The number of hydrogen-bond acceptors (Lipinski definition) is 6. The molecule has 0 saturated heterocycles. The second kappa shape index (κ2) is 8.14. The Morgan fingerprint density at radius 1 is 0.871 bits per heavy atom. The fraction of sp³-hybridized carbons (Fsp3) is 0.200. The maximum absolute atomic E-state index is 10.3. The second-order valence-electron chi connectivity index (χ2n) is 7.21. The highest BCUT2D eigenvalue weighted by molar-refractivity contribution is 6.02. The van der Waals surface area contributed by atoms with E-state index in [0.717, 1.165) is 33.4 Å². The van der Waals surface area contributed by atoms with Crippen molar-refractivity contribution in [3.05, 3.63) is 70.8 Å². The second-order valence-corrected chi connectivity index (χ2v) is 7.21. The fourth-order valence-corrected chi connectivity index (χ4v) is 3.95. The molecule has 0 aromatic heterocycles. The van der Waals surface area contributed by atoms with Gasteiger partial charge in [0, 0.05) is 16.7 Å². The topological polar surface area (TPSA) is 88.4 Å². The Morgan fingerprint density at radius 2 is 1.52 bits per heavy atom. The quantitative estimate of drug-likeness (QED) is 0.553. The van der Waals surface area contributed by atoms with Crippen LogP contribution < -0.4 is 14.2 Å². The largest absolute Gasteiger partial charge is 0.508 e. The number of hydrogen-bond donors (Lipinski definition) is 3. The molecule has 0 bridgehead atoms. The van der Waals surface area contributed by atoms with Crippen LogP contribution in [0.15, 0.2) is 48.5 Å². The summed E-state index contributed by atoms with van der Waals surface area (Å²) in [5.41, 5.74) is 5.01. The van der Waals surface area contributed by atoms with Gasteiger partial charge in [0.15, 0.2) is 11.5 Å². The molecular weight excluding hydrogens is 396 g/mol. The van der Waals surface area contributed by atoms with E-state index < -0.39 is 0 Å². The van der Waals surface area contributed by atoms with Crippen molar-refractivity contribution in [1.29, 1.82) is 0 Å². The molecule has 0 atom stereocenters. The molecule has 0 aliphatic carbocycles. The molecule has 160 valence electrons. The average Bonchev–Trinajstić information content (AvgIpc) is 2.79. The first-order valence-electron chi connectivity index (χ1n) is 9.94. The number of fused-ring (bicyclic) bond motifs is 1. The molecule has 6 nitrogen and oxygen atoms in total. The van der Waals surface area contributed by atoms with E-state index in [1.54, 1.807) is 30.3 Å². The van der Waals surface area contributed by atoms with Gasteiger partial charge in [-0.2, -0.15) is 0 Å². The van der Waals surface area contributed by atoms with E-state index in [1.807, 2.05) is 25.1 Å². The van der Waals surface area contributed by atoms with Crippen LogP contribution in [0, 0.1) is 0 Å². The summed E-state index contributed by atoms with van der Waals surface area (Å²) in [5, 5.41) is 30.4.